The molecule has 1 aliphatic heterocycles. The minimum atomic E-state index is -0.453. The zero-order valence-electron chi connectivity index (χ0n) is 19.2. The zero-order valence-corrected chi connectivity index (χ0v) is 21.6. The van der Waals surface area contributed by atoms with Crippen LogP contribution in [-0.4, -0.2) is 27.6 Å². The van der Waals surface area contributed by atoms with Gasteiger partial charge in [0.2, 0.25) is 0 Å². The van der Waals surface area contributed by atoms with Gasteiger partial charge in [-0.2, -0.15) is 0 Å². The van der Waals surface area contributed by atoms with Gasteiger partial charge in [-0.3, -0.25) is 24.6 Å². The maximum absolute atomic E-state index is 12.9. The average molecular weight is 569 g/mol. The van der Waals surface area contributed by atoms with Gasteiger partial charge in [0.25, 0.3) is 16.8 Å². The lowest BCUT2D eigenvalue weighted by Gasteiger charge is -2.14. The van der Waals surface area contributed by atoms with Gasteiger partial charge in [-0.05, 0) is 71.8 Å². The van der Waals surface area contributed by atoms with Crippen LogP contribution in [0.4, 0.5) is 10.5 Å². The van der Waals surface area contributed by atoms with Crippen LogP contribution in [0.1, 0.15) is 23.6 Å². The van der Waals surface area contributed by atoms with Crippen molar-refractivity contribution < 1.29 is 24.0 Å². The summed E-state index contributed by atoms with van der Waals surface area (Å²) in [4.78, 5) is 37.4. The monoisotopic (exact) mass is 568 g/mol. The van der Waals surface area contributed by atoms with Crippen molar-refractivity contribution >= 4 is 50.6 Å². The Morgan fingerprint density at radius 1 is 1.03 bits per heavy atom. The van der Waals surface area contributed by atoms with Crippen molar-refractivity contribution in [1.82, 2.24) is 4.90 Å². The first-order chi connectivity index (χ1) is 17.4. The lowest BCUT2D eigenvalue weighted by Crippen LogP contribution is -2.27. The molecule has 3 aromatic carbocycles. The van der Waals surface area contributed by atoms with Gasteiger partial charge >= 0.3 is 0 Å². The summed E-state index contributed by atoms with van der Waals surface area (Å²) in [5.74, 6) is 0.632. The van der Waals surface area contributed by atoms with Crippen molar-refractivity contribution in [1.29, 1.82) is 0 Å². The van der Waals surface area contributed by atoms with E-state index in [0.29, 0.717) is 28.6 Å². The van der Waals surface area contributed by atoms with Gasteiger partial charge in [0.05, 0.1) is 23.0 Å². The molecule has 0 bridgehead atoms. The number of ether oxygens (including phenoxy) is 2. The molecule has 0 atom stereocenters. The standard InChI is InChI=1S/C26H21BrN2O6S/c1-2-34-23-13-18(9-12-22(23)35-16-17-7-10-20(11-8-17)29(32)33)14-24-25(30)28(26(31)36-24)15-19-5-3-4-6-21(19)27/h3-14H,2,15-16H2,1H3/b24-14-. The molecule has 0 N–H and O–H groups in total. The summed E-state index contributed by atoms with van der Waals surface area (Å²) in [6.07, 6.45) is 1.66. The number of benzene rings is 3. The SMILES string of the molecule is CCOc1cc(/C=C2\SC(=O)N(Cc3ccccc3Br)C2=O)ccc1OCc1ccc([N+](=O)[O-])cc1. The summed E-state index contributed by atoms with van der Waals surface area (Å²) in [5.41, 5.74) is 2.31. The smallest absolute Gasteiger partial charge is 0.293 e. The Labute approximate surface area is 220 Å². The average Bonchev–Trinajstić information content (AvgIpc) is 3.12. The second-order valence-electron chi connectivity index (χ2n) is 7.71. The molecule has 8 nitrogen and oxygen atoms in total. The molecule has 0 unspecified atom stereocenters. The number of nitrogens with zero attached hydrogens (tertiary/aromatic N) is 2. The van der Waals surface area contributed by atoms with Crippen molar-refractivity contribution in [3.63, 3.8) is 0 Å². The number of carbonyl (C=O) groups is 2. The van der Waals surface area contributed by atoms with Gasteiger partial charge in [-0.25, -0.2) is 0 Å². The van der Waals surface area contributed by atoms with E-state index < -0.39 is 4.92 Å². The highest BCUT2D eigenvalue weighted by Crippen LogP contribution is 2.36. The Hall–Kier alpha value is -3.63. The predicted octanol–water partition coefficient (Wildman–Crippen LogP) is 6.57. The Kier molecular flexibility index (Phi) is 8.07. The van der Waals surface area contributed by atoms with Crippen LogP contribution in [0.15, 0.2) is 76.1 Å². The van der Waals surface area contributed by atoms with Gasteiger partial charge in [0, 0.05) is 16.6 Å². The van der Waals surface area contributed by atoms with Crippen LogP contribution in [0.25, 0.3) is 6.08 Å². The Morgan fingerprint density at radius 3 is 2.47 bits per heavy atom. The van der Waals surface area contributed by atoms with E-state index in [9.17, 15) is 19.7 Å². The molecule has 3 aromatic rings. The van der Waals surface area contributed by atoms with Crippen molar-refractivity contribution in [3.05, 3.63) is 103 Å². The summed E-state index contributed by atoms with van der Waals surface area (Å²) in [6, 6.07) is 18.8. The number of non-ortho nitro benzene ring substituents is 1. The molecule has 0 radical (unpaired) electrons. The van der Waals surface area contributed by atoms with Gasteiger partial charge in [0.15, 0.2) is 11.5 Å². The second kappa shape index (κ2) is 11.4. The van der Waals surface area contributed by atoms with Crippen LogP contribution in [0.3, 0.4) is 0 Å². The number of thioether (sulfide) groups is 1. The van der Waals surface area contributed by atoms with E-state index in [-0.39, 0.29) is 30.0 Å². The highest BCUT2D eigenvalue weighted by Gasteiger charge is 2.35. The summed E-state index contributed by atoms with van der Waals surface area (Å²) < 4.78 is 12.4. The molecule has 1 heterocycles. The van der Waals surface area contributed by atoms with Gasteiger partial charge in [0.1, 0.15) is 6.61 Å². The fourth-order valence-corrected chi connectivity index (χ4v) is 4.71. The number of hydrogen-bond donors (Lipinski definition) is 0. The van der Waals surface area contributed by atoms with Crippen molar-refractivity contribution in [2.45, 2.75) is 20.1 Å². The van der Waals surface area contributed by atoms with Crippen LogP contribution < -0.4 is 9.47 Å². The first-order valence-corrected chi connectivity index (χ1v) is 12.6. The highest BCUT2D eigenvalue weighted by molar-refractivity contribution is 9.10. The lowest BCUT2D eigenvalue weighted by molar-refractivity contribution is -0.384. The first-order valence-electron chi connectivity index (χ1n) is 11.0. The molecule has 10 heteroatoms. The minimum Gasteiger partial charge on any atom is -0.490 e. The Morgan fingerprint density at radius 2 is 1.78 bits per heavy atom. The second-order valence-corrected chi connectivity index (χ2v) is 9.56. The molecule has 36 heavy (non-hydrogen) atoms. The fourth-order valence-electron chi connectivity index (χ4n) is 3.46. The van der Waals surface area contributed by atoms with Gasteiger partial charge in [-0.1, -0.05) is 40.2 Å². The summed E-state index contributed by atoms with van der Waals surface area (Å²) in [5, 5.41) is 10.5. The van der Waals surface area contributed by atoms with E-state index in [4.69, 9.17) is 9.47 Å². The number of imide groups is 1. The molecule has 2 amide bonds. The van der Waals surface area contributed by atoms with E-state index >= 15 is 0 Å². The van der Waals surface area contributed by atoms with Crippen LogP contribution in [0.5, 0.6) is 11.5 Å². The molecule has 0 aromatic heterocycles. The van der Waals surface area contributed by atoms with Crippen molar-refractivity contribution in [3.8, 4) is 11.5 Å². The number of halogens is 1. The maximum atomic E-state index is 12.9. The zero-order chi connectivity index (χ0) is 25.7. The van der Waals surface area contributed by atoms with E-state index in [1.807, 2.05) is 31.2 Å². The van der Waals surface area contributed by atoms with Crippen molar-refractivity contribution in [2.75, 3.05) is 6.61 Å². The van der Waals surface area contributed by atoms with Crippen LogP contribution in [0, 0.1) is 10.1 Å². The van der Waals surface area contributed by atoms with E-state index in [1.54, 1.807) is 36.4 Å². The van der Waals surface area contributed by atoms with Crippen molar-refractivity contribution in [2.24, 2.45) is 0 Å². The van der Waals surface area contributed by atoms with Gasteiger partial charge < -0.3 is 9.47 Å². The summed E-state index contributed by atoms with van der Waals surface area (Å²) in [7, 11) is 0. The molecule has 4 rings (SSSR count). The molecular weight excluding hydrogens is 548 g/mol. The number of hydrogen-bond acceptors (Lipinski definition) is 7. The maximum Gasteiger partial charge on any atom is 0.293 e. The van der Waals surface area contributed by atoms with Crippen LogP contribution in [-0.2, 0) is 17.9 Å². The molecule has 1 saturated heterocycles. The van der Waals surface area contributed by atoms with E-state index in [1.165, 1.54) is 17.0 Å². The van der Waals surface area contributed by atoms with E-state index in [2.05, 4.69) is 15.9 Å². The largest absolute Gasteiger partial charge is 0.490 e. The minimum absolute atomic E-state index is 0.0129. The van der Waals surface area contributed by atoms with Crippen LogP contribution >= 0.6 is 27.7 Å². The first kappa shape index (κ1) is 25.5. The number of nitro groups is 1. The molecule has 1 aliphatic rings. The molecule has 184 valence electrons. The Bertz CT molecular complexity index is 1340. The third-order valence-corrected chi connectivity index (χ3v) is 6.95. The predicted molar refractivity (Wildman–Crippen MR) is 141 cm³/mol. The molecule has 0 saturated carbocycles. The number of amides is 2. The van der Waals surface area contributed by atoms with Gasteiger partial charge in [-0.15, -0.1) is 0 Å². The van der Waals surface area contributed by atoms with Crippen LogP contribution in [0.2, 0.25) is 0 Å². The lowest BCUT2D eigenvalue weighted by atomic mass is 10.1. The topological polar surface area (TPSA) is 99.0 Å². The number of rotatable bonds is 9. The normalized spacial score (nSPS) is 14.4. The third kappa shape index (κ3) is 5.95. The quantitative estimate of drug-likeness (QED) is 0.163. The number of carbonyl (C=O) groups excluding carboxylic acids is 2. The summed E-state index contributed by atoms with van der Waals surface area (Å²) >= 11 is 4.35. The fraction of sp³-hybridized carbons (Fsp3) is 0.154. The molecule has 1 fully saturated rings. The summed E-state index contributed by atoms with van der Waals surface area (Å²) in [6.45, 7) is 2.63. The number of nitro benzene ring substituents is 1. The van der Waals surface area contributed by atoms with E-state index in [0.717, 1.165) is 27.4 Å². The molecule has 0 aliphatic carbocycles. The highest BCUT2D eigenvalue weighted by atomic mass is 79.9. The Balaban J connectivity index is 1.49. The third-order valence-electron chi connectivity index (χ3n) is 5.27. The molecular formula is C26H21BrN2O6S. The molecule has 0 spiro atoms.